The van der Waals surface area contributed by atoms with E-state index in [9.17, 15) is 0 Å². The van der Waals surface area contributed by atoms with Crippen LogP contribution >= 0.6 is 15.9 Å². The molecule has 1 saturated heterocycles. The molecule has 0 aliphatic carbocycles. The van der Waals surface area contributed by atoms with Crippen LogP contribution in [-0.4, -0.2) is 29.0 Å². The van der Waals surface area contributed by atoms with Crippen molar-refractivity contribution in [3.63, 3.8) is 0 Å². The van der Waals surface area contributed by atoms with Gasteiger partial charge in [-0.1, -0.05) is 0 Å². The fraction of sp³-hybridized carbons (Fsp3) is 0.667. The van der Waals surface area contributed by atoms with Crippen LogP contribution in [0.15, 0.2) is 22.9 Å². The van der Waals surface area contributed by atoms with Gasteiger partial charge in [-0.15, -0.1) is 0 Å². The third-order valence-electron chi connectivity index (χ3n) is 3.90. The Bertz CT molecular complexity index is 379. The Morgan fingerprint density at radius 2 is 2.17 bits per heavy atom. The molecule has 3 heteroatoms. The van der Waals surface area contributed by atoms with Gasteiger partial charge < -0.3 is 4.90 Å². The monoisotopic (exact) mass is 310 g/mol. The zero-order chi connectivity index (χ0) is 13.0. The summed E-state index contributed by atoms with van der Waals surface area (Å²) in [5.74, 6) is 0.824. The molecule has 2 rings (SSSR count). The highest BCUT2D eigenvalue weighted by Crippen LogP contribution is 2.23. The van der Waals surface area contributed by atoms with Gasteiger partial charge in [0, 0.05) is 22.9 Å². The first-order valence-electron chi connectivity index (χ1n) is 6.98. The van der Waals surface area contributed by atoms with E-state index in [-0.39, 0.29) is 0 Å². The molecule has 1 aliphatic rings. The molecule has 1 aromatic heterocycles. The molecule has 1 aromatic rings. The average molecular weight is 311 g/mol. The van der Waals surface area contributed by atoms with Crippen molar-refractivity contribution >= 4 is 15.9 Å². The first-order valence-corrected chi connectivity index (χ1v) is 7.78. The molecule has 1 fully saturated rings. The Hall–Kier alpha value is -0.410. The lowest BCUT2D eigenvalue weighted by Crippen LogP contribution is -2.31. The van der Waals surface area contributed by atoms with Crippen molar-refractivity contribution in [3.8, 4) is 0 Å². The number of pyridine rings is 1. The average Bonchev–Trinajstić information content (AvgIpc) is 2.55. The summed E-state index contributed by atoms with van der Waals surface area (Å²) in [5.41, 5.74) is 1.37. The highest BCUT2D eigenvalue weighted by Gasteiger charge is 2.18. The summed E-state index contributed by atoms with van der Waals surface area (Å²) in [6.45, 7) is 7.13. The van der Waals surface area contributed by atoms with Gasteiger partial charge in [-0.2, -0.15) is 0 Å². The molecule has 0 N–H and O–H groups in total. The molecule has 2 nitrogen and oxygen atoms in total. The van der Waals surface area contributed by atoms with Crippen molar-refractivity contribution in [1.29, 1.82) is 0 Å². The Balaban J connectivity index is 1.91. The number of nitrogens with zero attached hydrogens (tertiary/aromatic N) is 2. The predicted octanol–water partition coefficient (Wildman–Crippen LogP) is 3.90. The molecule has 0 spiro atoms. The minimum Gasteiger partial charge on any atom is -0.301 e. The smallest absolute Gasteiger partial charge is 0.0410 e. The van der Waals surface area contributed by atoms with E-state index in [1.54, 1.807) is 0 Å². The molecule has 0 aromatic carbocycles. The normalized spacial score (nSPS) is 22.1. The van der Waals surface area contributed by atoms with E-state index in [0.29, 0.717) is 6.04 Å². The van der Waals surface area contributed by atoms with Gasteiger partial charge in [-0.25, -0.2) is 0 Å². The van der Waals surface area contributed by atoms with Crippen LogP contribution in [0.4, 0.5) is 0 Å². The zero-order valence-electron chi connectivity index (χ0n) is 11.4. The minimum absolute atomic E-state index is 0.691. The fourth-order valence-electron chi connectivity index (χ4n) is 2.81. The van der Waals surface area contributed by atoms with Crippen LogP contribution in [0.2, 0.25) is 0 Å². The minimum atomic E-state index is 0.691. The summed E-state index contributed by atoms with van der Waals surface area (Å²) >= 11 is 3.50. The summed E-state index contributed by atoms with van der Waals surface area (Å²) in [6.07, 6.45) is 9.07. The molecule has 0 bridgehead atoms. The second-order valence-electron chi connectivity index (χ2n) is 5.64. The summed E-state index contributed by atoms with van der Waals surface area (Å²) in [4.78, 5) is 6.87. The van der Waals surface area contributed by atoms with Crippen molar-refractivity contribution in [2.45, 2.75) is 45.6 Å². The Kier molecular flexibility index (Phi) is 5.19. The van der Waals surface area contributed by atoms with Gasteiger partial charge in [-0.3, -0.25) is 4.98 Å². The van der Waals surface area contributed by atoms with Gasteiger partial charge in [0.25, 0.3) is 0 Å². The molecule has 18 heavy (non-hydrogen) atoms. The second-order valence-corrected chi connectivity index (χ2v) is 6.56. The number of hydrogen-bond acceptors (Lipinski definition) is 2. The third kappa shape index (κ3) is 4.06. The van der Waals surface area contributed by atoms with E-state index >= 15 is 0 Å². The van der Waals surface area contributed by atoms with Crippen LogP contribution in [0, 0.1) is 5.92 Å². The predicted molar refractivity (Wildman–Crippen MR) is 79.7 cm³/mol. The maximum atomic E-state index is 4.26. The second kappa shape index (κ2) is 6.67. The maximum Gasteiger partial charge on any atom is 0.0410 e. The molecule has 0 unspecified atom stereocenters. The lowest BCUT2D eigenvalue weighted by molar-refractivity contribution is 0.228. The van der Waals surface area contributed by atoms with Crippen LogP contribution in [0.1, 0.15) is 38.7 Å². The molecule has 1 aliphatic heterocycles. The highest BCUT2D eigenvalue weighted by molar-refractivity contribution is 9.10. The molecular weight excluding hydrogens is 288 g/mol. The van der Waals surface area contributed by atoms with E-state index in [4.69, 9.17) is 0 Å². The Morgan fingerprint density at radius 1 is 1.33 bits per heavy atom. The molecule has 2 heterocycles. The summed E-state index contributed by atoms with van der Waals surface area (Å²) in [7, 11) is 0. The topological polar surface area (TPSA) is 16.1 Å². The highest BCUT2D eigenvalue weighted by atomic mass is 79.9. The van der Waals surface area contributed by atoms with Crippen LogP contribution in [-0.2, 0) is 6.42 Å². The number of aromatic nitrogens is 1. The largest absolute Gasteiger partial charge is 0.301 e. The van der Waals surface area contributed by atoms with E-state index in [2.05, 4.69) is 45.7 Å². The van der Waals surface area contributed by atoms with Crippen molar-refractivity contribution < 1.29 is 0 Å². The summed E-state index contributed by atoms with van der Waals surface area (Å²) in [5, 5.41) is 0. The quantitative estimate of drug-likeness (QED) is 0.842. The van der Waals surface area contributed by atoms with E-state index in [1.165, 1.54) is 44.3 Å². The van der Waals surface area contributed by atoms with Gasteiger partial charge in [0.2, 0.25) is 0 Å². The van der Waals surface area contributed by atoms with Gasteiger partial charge in [0.1, 0.15) is 0 Å². The van der Waals surface area contributed by atoms with Crippen LogP contribution in [0.3, 0.4) is 0 Å². The third-order valence-corrected chi connectivity index (χ3v) is 4.33. The molecule has 0 radical (unpaired) electrons. The van der Waals surface area contributed by atoms with Crippen molar-refractivity contribution in [2.24, 2.45) is 5.92 Å². The molecular formula is C15H23BrN2. The van der Waals surface area contributed by atoms with E-state index < -0.39 is 0 Å². The maximum absolute atomic E-state index is 4.26. The summed E-state index contributed by atoms with van der Waals surface area (Å²) in [6, 6.07) is 2.90. The molecule has 0 saturated carbocycles. The number of rotatable bonds is 3. The van der Waals surface area contributed by atoms with Gasteiger partial charge >= 0.3 is 0 Å². The fourth-order valence-corrected chi connectivity index (χ4v) is 3.22. The first-order chi connectivity index (χ1) is 8.65. The molecule has 100 valence electrons. The number of halogens is 1. The molecule has 1 atom stereocenters. The van der Waals surface area contributed by atoms with E-state index in [1.807, 2.05) is 12.4 Å². The van der Waals surface area contributed by atoms with Crippen LogP contribution < -0.4 is 0 Å². The summed E-state index contributed by atoms with van der Waals surface area (Å²) < 4.78 is 1.09. The van der Waals surface area contributed by atoms with Crippen LogP contribution in [0.5, 0.6) is 0 Å². The SMILES string of the molecule is CC(C)N1CCC[C@@H](Cc2cncc(Br)c2)CC1. The lowest BCUT2D eigenvalue weighted by atomic mass is 9.93. The van der Waals surface area contributed by atoms with Crippen LogP contribution in [0.25, 0.3) is 0 Å². The van der Waals surface area contributed by atoms with Gasteiger partial charge in [-0.05, 0) is 86.1 Å². The Labute approximate surface area is 119 Å². The van der Waals surface area contributed by atoms with Gasteiger partial charge in [0.05, 0.1) is 0 Å². The van der Waals surface area contributed by atoms with Crippen molar-refractivity contribution in [3.05, 3.63) is 28.5 Å². The van der Waals surface area contributed by atoms with E-state index in [0.717, 1.165) is 10.4 Å². The van der Waals surface area contributed by atoms with Crippen molar-refractivity contribution in [1.82, 2.24) is 9.88 Å². The number of hydrogen-bond donors (Lipinski definition) is 0. The Morgan fingerprint density at radius 3 is 2.89 bits per heavy atom. The van der Waals surface area contributed by atoms with Crippen molar-refractivity contribution in [2.75, 3.05) is 13.1 Å². The molecule has 0 amide bonds. The first kappa shape index (κ1) is 14.0. The van der Waals surface area contributed by atoms with Gasteiger partial charge in [0.15, 0.2) is 0 Å². The zero-order valence-corrected chi connectivity index (χ0v) is 13.0. The number of likely N-dealkylation sites (tertiary alicyclic amines) is 1. The lowest BCUT2D eigenvalue weighted by Gasteiger charge is -2.24. The standard InChI is InChI=1S/C15H23BrN2/c1-12(2)18-6-3-4-13(5-7-18)8-14-9-15(16)11-17-10-14/h9-13H,3-8H2,1-2H3/t13-/m1/s1.